The lowest BCUT2D eigenvalue weighted by Gasteiger charge is -2.05. The lowest BCUT2D eigenvalue weighted by atomic mass is 10.2. The monoisotopic (exact) mass is 329 g/mol. The summed E-state index contributed by atoms with van der Waals surface area (Å²) in [5.74, 6) is 6.10. The largest absolute Gasteiger partial charge is 0.445 e. The van der Waals surface area contributed by atoms with Crippen molar-refractivity contribution in [3.05, 3.63) is 57.8 Å². The number of alkyl carbamates (subject to hydrolysis) is 1. The van der Waals surface area contributed by atoms with E-state index in [9.17, 15) is 4.79 Å². The predicted octanol–water partition coefficient (Wildman–Crippen LogP) is 3.56. The second-order valence-electron chi connectivity index (χ2n) is 4.77. The zero-order valence-electron chi connectivity index (χ0n) is 13.0. The molecule has 1 amide bonds. The molecule has 0 fully saturated rings. The fourth-order valence-corrected chi connectivity index (χ4v) is 2.62. The maximum absolute atomic E-state index is 11.5. The van der Waals surface area contributed by atoms with E-state index in [-0.39, 0.29) is 6.61 Å². The molecule has 4 nitrogen and oxygen atoms in total. The Bertz CT molecular complexity index is 670. The highest BCUT2D eigenvalue weighted by Crippen LogP contribution is 2.14. The standard InChI is InChI=1S/C18H19NO3S/c1-21-13-17-11-16(14-23-17)9-5-6-10-19-18(20)22-12-15-7-3-2-4-8-15/h2-4,7-8,11,14H,6,10,12-13H2,1H3,(H,19,20). The Labute approximate surface area is 140 Å². The van der Waals surface area contributed by atoms with Crippen LogP contribution >= 0.6 is 11.3 Å². The van der Waals surface area contributed by atoms with Crippen LogP contribution in [-0.2, 0) is 22.7 Å². The summed E-state index contributed by atoms with van der Waals surface area (Å²) >= 11 is 1.63. The summed E-state index contributed by atoms with van der Waals surface area (Å²) in [4.78, 5) is 12.7. The van der Waals surface area contributed by atoms with Crippen molar-refractivity contribution in [2.45, 2.75) is 19.6 Å². The molecular weight excluding hydrogens is 310 g/mol. The lowest BCUT2D eigenvalue weighted by molar-refractivity contribution is 0.140. The van der Waals surface area contributed by atoms with Gasteiger partial charge in [0, 0.05) is 35.9 Å². The third kappa shape index (κ3) is 6.55. The number of hydrogen-bond acceptors (Lipinski definition) is 4. The van der Waals surface area contributed by atoms with Crippen molar-refractivity contribution in [1.29, 1.82) is 0 Å². The van der Waals surface area contributed by atoms with Gasteiger partial charge in [-0.05, 0) is 11.6 Å². The Balaban J connectivity index is 1.63. The molecule has 23 heavy (non-hydrogen) atoms. The zero-order valence-corrected chi connectivity index (χ0v) is 13.8. The number of nitrogens with one attached hydrogen (secondary N) is 1. The van der Waals surface area contributed by atoms with Crippen molar-refractivity contribution >= 4 is 17.4 Å². The van der Waals surface area contributed by atoms with Gasteiger partial charge in [0.2, 0.25) is 0 Å². The predicted molar refractivity (Wildman–Crippen MR) is 91.2 cm³/mol. The van der Waals surface area contributed by atoms with Crippen molar-refractivity contribution in [3.8, 4) is 11.8 Å². The van der Waals surface area contributed by atoms with Crippen LogP contribution in [0.5, 0.6) is 0 Å². The molecule has 1 aromatic heterocycles. The summed E-state index contributed by atoms with van der Waals surface area (Å²) in [6.45, 7) is 1.35. The number of benzene rings is 1. The van der Waals surface area contributed by atoms with E-state index < -0.39 is 6.09 Å². The minimum absolute atomic E-state index is 0.273. The zero-order chi connectivity index (χ0) is 16.3. The number of methoxy groups -OCH3 is 1. The molecule has 0 aliphatic rings. The van der Waals surface area contributed by atoms with E-state index in [0.29, 0.717) is 19.6 Å². The van der Waals surface area contributed by atoms with E-state index in [1.807, 2.05) is 41.8 Å². The van der Waals surface area contributed by atoms with Crippen molar-refractivity contribution < 1.29 is 14.3 Å². The number of rotatable bonds is 6. The summed E-state index contributed by atoms with van der Waals surface area (Å²) in [6.07, 6.45) is 0.157. The van der Waals surface area contributed by atoms with E-state index in [1.165, 1.54) is 0 Å². The van der Waals surface area contributed by atoms with Crippen LogP contribution in [0.25, 0.3) is 0 Å². The van der Waals surface area contributed by atoms with Gasteiger partial charge in [-0.1, -0.05) is 42.2 Å². The number of carbonyl (C=O) groups is 1. The normalized spacial score (nSPS) is 9.78. The molecule has 0 aliphatic carbocycles. The number of ether oxygens (including phenoxy) is 2. The van der Waals surface area contributed by atoms with Gasteiger partial charge in [0.05, 0.1) is 6.61 Å². The van der Waals surface area contributed by atoms with Gasteiger partial charge in [0.25, 0.3) is 0 Å². The fourth-order valence-electron chi connectivity index (χ4n) is 1.83. The first-order chi connectivity index (χ1) is 11.3. The highest BCUT2D eigenvalue weighted by molar-refractivity contribution is 7.10. The molecule has 5 heteroatoms. The summed E-state index contributed by atoms with van der Waals surface area (Å²) in [5.41, 5.74) is 1.94. The Hall–Kier alpha value is -2.29. The Morgan fingerprint density at radius 2 is 2.09 bits per heavy atom. The first kappa shape index (κ1) is 17.1. The van der Waals surface area contributed by atoms with Crippen LogP contribution in [0.3, 0.4) is 0 Å². The first-order valence-corrected chi connectivity index (χ1v) is 8.15. The lowest BCUT2D eigenvalue weighted by Crippen LogP contribution is -2.24. The van der Waals surface area contributed by atoms with Gasteiger partial charge in [-0.3, -0.25) is 0 Å². The maximum Gasteiger partial charge on any atom is 0.407 e. The molecule has 0 saturated heterocycles. The van der Waals surface area contributed by atoms with Gasteiger partial charge >= 0.3 is 6.09 Å². The van der Waals surface area contributed by atoms with Gasteiger partial charge < -0.3 is 14.8 Å². The molecule has 0 spiro atoms. The molecule has 0 bridgehead atoms. The van der Waals surface area contributed by atoms with E-state index in [0.717, 1.165) is 16.0 Å². The smallest absolute Gasteiger partial charge is 0.407 e. The average Bonchev–Trinajstić information content (AvgIpc) is 3.01. The molecule has 2 rings (SSSR count). The summed E-state index contributed by atoms with van der Waals surface area (Å²) in [7, 11) is 1.67. The number of carbonyl (C=O) groups excluding carboxylic acids is 1. The molecule has 1 N–H and O–H groups in total. The molecule has 2 aromatic rings. The van der Waals surface area contributed by atoms with Crippen LogP contribution < -0.4 is 5.32 Å². The average molecular weight is 329 g/mol. The second kappa shape index (κ2) is 9.67. The van der Waals surface area contributed by atoms with E-state index in [2.05, 4.69) is 17.2 Å². The molecule has 0 unspecified atom stereocenters. The third-order valence-electron chi connectivity index (χ3n) is 2.91. The summed E-state index contributed by atoms with van der Waals surface area (Å²) < 4.78 is 10.2. The number of amides is 1. The SMILES string of the molecule is COCc1cc(C#CCCNC(=O)OCc2ccccc2)cs1. The van der Waals surface area contributed by atoms with Gasteiger partial charge in [0.15, 0.2) is 0 Å². The van der Waals surface area contributed by atoms with Gasteiger partial charge in [-0.15, -0.1) is 11.3 Å². The van der Waals surface area contributed by atoms with Gasteiger partial charge in [-0.25, -0.2) is 4.79 Å². The molecule has 1 heterocycles. The molecule has 0 atom stereocenters. The van der Waals surface area contributed by atoms with E-state index in [4.69, 9.17) is 9.47 Å². The summed E-state index contributed by atoms with van der Waals surface area (Å²) in [5, 5.41) is 4.69. The molecule has 120 valence electrons. The highest BCUT2D eigenvalue weighted by atomic mass is 32.1. The van der Waals surface area contributed by atoms with Crippen molar-refractivity contribution in [1.82, 2.24) is 5.32 Å². The Morgan fingerprint density at radius 3 is 2.87 bits per heavy atom. The topological polar surface area (TPSA) is 47.6 Å². The van der Waals surface area contributed by atoms with Crippen molar-refractivity contribution in [3.63, 3.8) is 0 Å². The third-order valence-corrected chi connectivity index (χ3v) is 3.82. The Kier molecular flexibility index (Phi) is 7.18. The minimum atomic E-state index is -0.423. The van der Waals surface area contributed by atoms with Gasteiger partial charge in [0.1, 0.15) is 6.61 Å². The molecule has 1 aromatic carbocycles. The number of thiophene rings is 1. The second-order valence-corrected chi connectivity index (χ2v) is 5.77. The first-order valence-electron chi connectivity index (χ1n) is 7.27. The van der Waals surface area contributed by atoms with Crippen LogP contribution in [-0.4, -0.2) is 19.7 Å². The van der Waals surface area contributed by atoms with Crippen LogP contribution in [0.2, 0.25) is 0 Å². The molecular formula is C18H19NO3S. The highest BCUT2D eigenvalue weighted by Gasteiger charge is 2.00. The fraction of sp³-hybridized carbons (Fsp3) is 0.278. The Morgan fingerprint density at radius 1 is 1.26 bits per heavy atom. The summed E-state index contributed by atoms with van der Waals surface area (Å²) in [6, 6.07) is 11.6. The van der Waals surface area contributed by atoms with Crippen LogP contribution in [0.1, 0.15) is 22.4 Å². The number of hydrogen-bond donors (Lipinski definition) is 1. The van der Waals surface area contributed by atoms with Crippen molar-refractivity contribution in [2.75, 3.05) is 13.7 Å². The van der Waals surface area contributed by atoms with Crippen LogP contribution in [0.15, 0.2) is 41.8 Å². The quantitative estimate of drug-likeness (QED) is 0.651. The minimum Gasteiger partial charge on any atom is -0.445 e. The maximum atomic E-state index is 11.5. The van der Waals surface area contributed by atoms with Crippen LogP contribution in [0.4, 0.5) is 4.79 Å². The molecule has 0 aliphatic heterocycles. The molecule has 0 radical (unpaired) electrons. The molecule has 0 saturated carbocycles. The van der Waals surface area contributed by atoms with Crippen LogP contribution in [0, 0.1) is 11.8 Å². The van der Waals surface area contributed by atoms with Crippen molar-refractivity contribution in [2.24, 2.45) is 0 Å². The van der Waals surface area contributed by atoms with Gasteiger partial charge in [-0.2, -0.15) is 0 Å². The van der Waals surface area contributed by atoms with E-state index in [1.54, 1.807) is 18.4 Å². The van der Waals surface area contributed by atoms with E-state index >= 15 is 0 Å².